The van der Waals surface area contributed by atoms with Gasteiger partial charge < -0.3 is 15.2 Å². The number of hydrogen-bond acceptors (Lipinski definition) is 3. The van der Waals surface area contributed by atoms with Crippen LogP contribution < -0.4 is 5.32 Å². The minimum absolute atomic E-state index is 0.0137. The Bertz CT molecular complexity index is 953. The molecule has 0 saturated heterocycles. The Balaban J connectivity index is 1.42. The molecule has 5 nitrogen and oxygen atoms in total. The monoisotopic (exact) mass is 421 g/mol. The lowest BCUT2D eigenvalue weighted by Crippen LogP contribution is -2.49. The normalized spacial score (nSPS) is 24.2. The van der Waals surface area contributed by atoms with E-state index in [0.29, 0.717) is 18.8 Å². The lowest BCUT2D eigenvalue weighted by Gasteiger charge is -2.45. The second-order valence-electron chi connectivity index (χ2n) is 10.1. The van der Waals surface area contributed by atoms with Crippen molar-refractivity contribution < 1.29 is 19.4 Å². The fourth-order valence-corrected chi connectivity index (χ4v) is 6.01. The van der Waals surface area contributed by atoms with Gasteiger partial charge in [-0.3, -0.25) is 4.79 Å². The molecule has 0 aromatic heterocycles. The number of fused-ring (bicyclic) bond motifs is 3. The van der Waals surface area contributed by atoms with E-state index in [2.05, 4.69) is 50.4 Å². The first kappa shape index (κ1) is 21.4. The second-order valence-corrected chi connectivity index (χ2v) is 10.1. The minimum Gasteiger partial charge on any atom is -0.481 e. The zero-order valence-corrected chi connectivity index (χ0v) is 18.5. The molecule has 31 heavy (non-hydrogen) atoms. The number of rotatable bonds is 5. The van der Waals surface area contributed by atoms with Crippen LogP contribution in [0.2, 0.25) is 0 Å². The molecular formula is C26H31NO4. The summed E-state index contributed by atoms with van der Waals surface area (Å²) in [5, 5.41) is 12.7. The number of carbonyl (C=O) groups is 2. The fourth-order valence-electron chi connectivity index (χ4n) is 6.01. The molecule has 2 aliphatic rings. The molecule has 2 aromatic carbocycles. The predicted molar refractivity (Wildman–Crippen MR) is 120 cm³/mol. The molecule has 0 heterocycles. The van der Waals surface area contributed by atoms with Gasteiger partial charge in [0, 0.05) is 12.5 Å². The standard InChI is InChI=1S/C26H31NO4/c1-17-12-25(2,3)15-26(13-17,23(28)29)16-27-24(30)31-14-22-20-10-6-4-8-18(20)19-9-5-7-11-21(19)22/h4-11,17,22H,12-16H2,1-3H3,(H,27,30)(H,28,29). The summed E-state index contributed by atoms with van der Waals surface area (Å²) in [6, 6.07) is 16.4. The van der Waals surface area contributed by atoms with Crippen molar-refractivity contribution in [1.82, 2.24) is 5.32 Å². The smallest absolute Gasteiger partial charge is 0.407 e. The van der Waals surface area contributed by atoms with Gasteiger partial charge in [0.05, 0.1) is 5.41 Å². The van der Waals surface area contributed by atoms with Crippen LogP contribution >= 0.6 is 0 Å². The number of alkyl carbamates (subject to hydrolysis) is 1. The molecule has 0 spiro atoms. The van der Waals surface area contributed by atoms with Gasteiger partial charge in [-0.05, 0) is 52.8 Å². The first-order chi connectivity index (χ1) is 14.7. The number of carbonyl (C=O) groups excluding carboxylic acids is 1. The van der Waals surface area contributed by atoms with Gasteiger partial charge in [0.25, 0.3) is 0 Å². The van der Waals surface area contributed by atoms with Gasteiger partial charge in [-0.15, -0.1) is 0 Å². The van der Waals surface area contributed by atoms with Crippen LogP contribution in [0.15, 0.2) is 48.5 Å². The first-order valence-electron chi connectivity index (χ1n) is 11.0. The van der Waals surface area contributed by atoms with Crippen molar-refractivity contribution in [3.8, 4) is 11.1 Å². The van der Waals surface area contributed by atoms with Crippen molar-refractivity contribution in [2.24, 2.45) is 16.7 Å². The predicted octanol–water partition coefficient (Wildman–Crippen LogP) is 5.44. The Kier molecular flexibility index (Phi) is 5.54. The van der Waals surface area contributed by atoms with E-state index >= 15 is 0 Å². The lowest BCUT2D eigenvalue weighted by molar-refractivity contribution is -0.154. The summed E-state index contributed by atoms with van der Waals surface area (Å²) in [5.41, 5.74) is 3.64. The number of ether oxygens (including phenoxy) is 1. The highest BCUT2D eigenvalue weighted by atomic mass is 16.5. The van der Waals surface area contributed by atoms with Crippen LogP contribution in [0, 0.1) is 16.7 Å². The molecule has 2 atom stereocenters. The van der Waals surface area contributed by atoms with Crippen LogP contribution in [-0.4, -0.2) is 30.3 Å². The van der Waals surface area contributed by atoms with Crippen LogP contribution in [0.3, 0.4) is 0 Å². The van der Waals surface area contributed by atoms with Crippen LogP contribution in [0.5, 0.6) is 0 Å². The van der Waals surface area contributed by atoms with E-state index in [4.69, 9.17) is 4.74 Å². The average Bonchev–Trinajstić information content (AvgIpc) is 3.03. The van der Waals surface area contributed by atoms with Crippen molar-refractivity contribution in [3.63, 3.8) is 0 Å². The number of benzene rings is 2. The molecule has 1 amide bonds. The van der Waals surface area contributed by atoms with Gasteiger partial charge in [-0.25, -0.2) is 4.79 Å². The highest BCUT2D eigenvalue weighted by molar-refractivity contribution is 5.79. The van der Waals surface area contributed by atoms with E-state index < -0.39 is 17.5 Å². The summed E-state index contributed by atoms with van der Waals surface area (Å²) < 4.78 is 5.59. The van der Waals surface area contributed by atoms with Gasteiger partial charge in [0.1, 0.15) is 6.61 Å². The maximum absolute atomic E-state index is 12.5. The van der Waals surface area contributed by atoms with E-state index in [1.165, 1.54) is 11.1 Å². The number of amides is 1. The zero-order valence-electron chi connectivity index (χ0n) is 18.5. The van der Waals surface area contributed by atoms with Crippen molar-refractivity contribution in [3.05, 3.63) is 59.7 Å². The van der Waals surface area contributed by atoms with Crippen molar-refractivity contribution in [2.45, 2.75) is 46.0 Å². The van der Waals surface area contributed by atoms with Gasteiger partial charge in [0.15, 0.2) is 0 Å². The third kappa shape index (κ3) is 4.18. The van der Waals surface area contributed by atoms with E-state index in [-0.39, 0.29) is 24.5 Å². The van der Waals surface area contributed by atoms with Gasteiger partial charge in [-0.1, -0.05) is 69.3 Å². The summed E-state index contributed by atoms with van der Waals surface area (Å²) >= 11 is 0. The summed E-state index contributed by atoms with van der Waals surface area (Å²) in [7, 11) is 0. The van der Waals surface area contributed by atoms with Gasteiger partial charge in [0.2, 0.25) is 0 Å². The Morgan fingerprint density at radius 3 is 2.16 bits per heavy atom. The number of carboxylic acid groups (broad SMARTS) is 1. The van der Waals surface area contributed by atoms with Crippen LogP contribution in [0.4, 0.5) is 4.79 Å². The van der Waals surface area contributed by atoms with E-state index in [0.717, 1.165) is 17.5 Å². The molecule has 2 N–H and O–H groups in total. The zero-order chi connectivity index (χ0) is 22.2. The van der Waals surface area contributed by atoms with Crippen molar-refractivity contribution in [2.75, 3.05) is 13.2 Å². The van der Waals surface area contributed by atoms with E-state index in [1.807, 2.05) is 24.3 Å². The number of nitrogens with one attached hydrogen (secondary N) is 1. The van der Waals surface area contributed by atoms with Crippen LogP contribution in [0.1, 0.15) is 57.1 Å². The molecule has 0 aliphatic heterocycles. The molecule has 5 heteroatoms. The molecule has 0 radical (unpaired) electrons. The molecule has 164 valence electrons. The molecule has 2 aromatic rings. The Morgan fingerprint density at radius 1 is 1.03 bits per heavy atom. The highest BCUT2D eigenvalue weighted by Gasteiger charge is 2.48. The van der Waals surface area contributed by atoms with Crippen molar-refractivity contribution in [1.29, 1.82) is 0 Å². The Hall–Kier alpha value is -2.82. The molecule has 4 rings (SSSR count). The molecule has 1 saturated carbocycles. The van der Waals surface area contributed by atoms with Gasteiger partial charge in [-0.2, -0.15) is 0 Å². The first-order valence-corrected chi connectivity index (χ1v) is 11.0. The van der Waals surface area contributed by atoms with E-state index in [9.17, 15) is 14.7 Å². The van der Waals surface area contributed by atoms with Crippen LogP contribution in [-0.2, 0) is 9.53 Å². The van der Waals surface area contributed by atoms with Crippen LogP contribution in [0.25, 0.3) is 11.1 Å². The average molecular weight is 422 g/mol. The highest BCUT2D eigenvalue weighted by Crippen LogP contribution is 2.49. The van der Waals surface area contributed by atoms with Gasteiger partial charge >= 0.3 is 12.1 Å². The van der Waals surface area contributed by atoms with E-state index in [1.54, 1.807) is 0 Å². The SMILES string of the molecule is CC1CC(C)(C)CC(CNC(=O)OCC2c3ccccc3-c3ccccc32)(C(=O)O)C1. The third-order valence-electron chi connectivity index (χ3n) is 6.83. The number of carboxylic acids is 1. The quantitative estimate of drug-likeness (QED) is 0.674. The molecule has 2 aliphatic carbocycles. The molecule has 2 unspecified atom stereocenters. The summed E-state index contributed by atoms with van der Waals surface area (Å²) in [5.74, 6) is -0.560. The summed E-state index contributed by atoms with van der Waals surface area (Å²) in [4.78, 5) is 24.7. The lowest BCUT2D eigenvalue weighted by atomic mass is 9.60. The minimum atomic E-state index is -0.952. The maximum atomic E-state index is 12.5. The Labute approximate surface area is 183 Å². The largest absolute Gasteiger partial charge is 0.481 e. The summed E-state index contributed by atoms with van der Waals surface area (Å²) in [6.45, 7) is 6.61. The molecule has 0 bridgehead atoms. The molecular weight excluding hydrogens is 390 g/mol. The number of hydrogen-bond donors (Lipinski definition) is 2. The second kappa shape index (κ2) is 8.03. The van der Waals surface area contributed by atoms with Crippen molar-refractivity contribution >= 4 is 12.1 Å². The number of aliphatic carboxylic acids is 1. The molecule has 1 fully saturated rings. The third-order valence-corrected chi connectivity index (χ3v) is 6.83. The summed E-state index contributed by atoms with van der Waals surface area (Å²) in [6.07, 6.45) is 1.55. The Morgan fingerprint density at radius 2 is 1.61 bits per heavy atom. The topological polar surface area (TPSA) is 75.6 Å². The fraction of sp³-hybridized carbons (Fsp3) is 0.462. The maximum Gasteiger partial charge on any atom is 0.407 e.